The molecule has 1 amide bonds. The third kappa shape index (κ3) is 3.06. The number of aliphatic carboxylic acids is 1. The zero-order chi connectivity index (χ0) is 12.4. The summed E-state index contributed by atoms with van der Waals surface area (Å²) in [5, 5.41) is 8.84. The molecule has 0 aromatic rings. The van der Waals surface area contributed by atoms with E-state index in [1.165, 1.54) is 0 Å². The lowest BCUT2D eigenvalue weighted by molar-refractivity contribution is -0.158. The lowest BCUT2D eigenvalue weighted by atomic mass is 10.1. The fourth-order valence-corrected chi connectivity index (χ4v) is 1.94. The minimum Gasteiger partial charge on any atom is -0.479 e. The van der Waals surface area contributed by atoms with Crippen molar-refractivity contribution in [3.63, 3.8) is 0 Å². The molecular weight excluding hydrogens is 222 g/mol. The van der Waals surface area contributed by atoms with Gasteiger partial charge in [-0.15, -0.1) is 0 Å². The second-order valence-corrected chi connectivity index (χ2v) is 4.64. The van der Waals surface area contributed by atoms with E-state index in [2.05, 4.69) is 0 Å². The van der Waals surface area contributed by atoms with E-state index < -0.39 is 12.1 Å². The van der Waals surface area contributed by atoms with Gasteiger partial charge in [0.1, 0.15) is 0 Å². The molecule has 2 fully saturated rings. The normalized spacial score (nSPS) is 25.8. The standard InChI is InChI=1S/C12H17NO4/c1-8(9-2-3-9)6-11(14)13-4-5-17-10(7-13)12(15)16/h6,9-10H,2-5,7H2,1H3,(H,15,16)/b8-6+/t10-/m1/s1. The number of hydrogen-bond acceptors (Lipinski definition) is 3. The summed E-state index contributed by atoms with van der Waals surface area (Å²) in [5.74, 6) is -0.537. The number of hydrogen-bond donors (Lipinski definition) is 1. The lowest BCUT2D eigenvalue weighted by Crippen LogP contribution is -2.48. The molecule has 0 spiro atoms. The van der Waals surface area contributed by atoms with Crippen LogP contribution in [0.15, 0.2) is 11.6 Å². The van der Waals surface area contributed by atoms with Gasteiger partial charge < -0.3 is 14.7 Å². The van der Waals surface area contributed by atoms with Crippen LogP contribution < -0.4 is 0 Å². The first-order valence-corrected chi connectivity index (χ1v) is 5.89. The van der Waals surface area contributed by atoms with Gasteiger partial charge in [-0.1, -0.05) is 5.57 Å². The van der Waals surface area contributed by atoms with Crippen LogP contribution in [0.25, 0.3) is 0 Å². The molecule has 1 aliphatic heterocycles. The molecule has 94 valence electrons. The van der Waals surface area contributed by atoms with Crippen molar-refractivity contribution >= 4 is 11.9 Å². The predicted octanol–water partition coefficient (Wildman–Crippen LogP) is 0.655. The van der Waals surface area contributed by atoms with Gasteiger partial charge in [-0.3, -0.25) is 4.79 Å². The van der Waals surface area contributed by atoms with Gasteiger partial charge in [0.25, 0.3) is 0 Å². The molecule has 2 rings (SSSR count). The Balaban J connectivity index is 1.94. The molecule has 0 radical (unpaired) electrons. The largest absolute Gasteiger partial charge is 0.479 e. The smallest absolute Gasteiger partial charge is 0.334 e. The van der Waals surface area contributed by atoms with Crippen molar-refractivity contribution in [1.82, 2.24) is 4.90 Å². The molecule has 5 heteroatoms. The number of carboxylic acid groups (broad SMARTS) is 1. The van der Waals surface area contributed by atoms with E-state index in [0.717, 1.165) is 18.4 Å². The van der Waals surface area contributed by atoms with Crippen molar-refractivity contribution in [2.75, 3.05) is 19.7 Å². The summed E-state index contributed by atoms with van der Waals surface area (Å²) in [5.41, 5.74) is 1.10. The molecule has 1 heterocycles. The molecule has 0 aromatic heterocycles. The highest BCUT2D eigenvalue weighted by Crippen LogP contribution is 2.35. The molecule has 5 nitrogen and oxygen atoms in total. The maximum atomic E-state index is 11.9. The van der Waals surface area contributed by atoms with E-state index in [0.29, 0.717) is 19.1 Å². The zero-order valence-electron chi connectivity index (χ0n) is 9.89. The summed E-state index contributed by atoms with van der Waals surface area (Å²) < 4.78 is 5.07. The maximum Gasteiger partial charge on any atom is 0.334 e. The highest BCUT2D eigenvalue weighted by molar-refractivity contribution is 5.89. The summed E-state index contributed by atoms with van der Waals surface area (Å²) >= 11 is 0. The number of allylic oxidation sites excluding steroid dienone is 1. The van der Waals surface area contributed by atoms with Gasteiger partial charge in [0.2, 0.25) is 5.91 Å². The number of carbonyl (C=O) groups is 2. The van der Waals surface area contributed by atoms with Crippen LogP contribution in [0, 0.1) is 5.92 Å². The molecule has 0 bridgehead atoms. The van der Waals surface area contributed by atoms with Crippen LogP contribution >= 0.6 is 0 Å². The minimum absolute atomic E-state index is 0.0936. The van der Waals surface area contributed by atoms with Gasteiger partial charge >= 0.3 is 5.97 Å². The van der Waals surface area contributed by atoms with Crippen molar-refractivity contribution in [2.45, 2.75) is 25.9 Å². The fourth-order valence-electron chi connectivity index (χ4n) is 1.94. The van der Waals surface area contributed by atoms with Crippen LogP contribution in [0.1, 0.15) is 19.8 Å². The van der Waals surface area contributed by atoms with Crippen LogP contribution in [0.3, 0.4) is 0 Å². The number of carbonyl (C=O) groups excluding carboxylic acids is 1. The number of nitrogens with zero attached hydrogens (tertiary/aromatic N) is 1. The Hall–Kier alpha value is -1.36. The summed E-state index contributed by atoms with van der Waals surface area (Å²) in [7, 11) is 0. The molecular formula is C12H17NO4. The van der Waals surface area contributed by atoms with Crippen LogP contribution in [0.2, 0.25) is 0 Å². The molecule has 1 saturated carbocycles. The van der Waals surface area contributed by atoms with Crippen LogP contribution in [0.4, 0.5) is 0 Å². The Labute approximate surface area is 100 Å². The highest BCUT2D eigenvalue weighted by atomic mass is 16.5. The first-order valence-electron chi connectivity index (χ1n) is 5.89. The average molecular weight is 239 g/mol. The number of amides is 1. The van der Waals surface area contributed by atoms with E-state index in [1.807, 2.05) is 6.92 Å². The van der Waals surface area contributed by atoms with E-state index in [9.17, 15) is 9.59 Å². The molecule has 2 aliphatic rings. The van der Waals surface area contributed by atoms with Gasteiger partial charge in [0, 0.05) is 12.6 Å². The Morgan fingerprint density at radius 1 is 1.41 bits per heavy atom. The number of carboxylic acids is 1. The van der Waals surface area contributed by atoms with Crippen LogP contribution in [-0.2, 0) is 14.3 Å². The highest BCUT2D eigenvalue weighted by Gasteiger charge is 2.29. The number of ether oxygens (including phenoxy) is 1. The summed E-state index contributed by atoms with van der Waals surface area (Å²) in [6.45, 7) is 2.86. The molecule has 1 N–H and O–H groups in total. The maximum absolute atomic E-state index is 11.9. The molecule has 0 unspecified atom stereocenters. The number of morpholine rings is 1. The van der Waals surface area contributed by atoms with Crippen molar-refractivity contribution < 1.29 is 19.4 Å². The molecule has 17 heavy (non-hydrogen) atoms. The topological polar surface area (TPSA) is 66.8 Å². The van der Waals surface area contributed by atoms with Crippen molar-refractivity contribution in [1.29, 1.82) is 0 Å². The van der Waals surface area contributed by atoms with E-state index in [4.69, 9.17) is 9.84 Å². The monoisotopic (exact) mass is 239 g/mol. The Kier molecular flexibility index (Phi) is 3.47. The first-order chi connectivity index (χ1) is 8.08. The van der Waals surface area contributed by atoms with Crippen molar-refractivity contribution in [3.8, 4) is 0 Å². The Bertz CT molecular complexity index is 360. The molecule has 0 aromatic carbocycles. The van der Waals surface area contributed by atoms with Gasteiger partial charge in [-0.25, -0.2) is 4.79 Å². The van der Waals surface area contributed by atoms with Gasteiger partial charge in [0.05, 0.1) is 13.2 Å². The van der Waals surface area contributed by atoms with Gasteiger partial charge in [0.15, 0.2) is 6.10 Å². The van der Waals surface area contributed by atoms with Gasteiger partial charge in [-0.2, -0.15) is 0 Å². The third-order valence-electron chi connectivity index (χ3n) is 3.23. The third-order valence-corrected chi connectivity index (χ3v) is 3.23. The fraction of sp³-hybridized carbons (Fsp3) is 0.667. The van der Waals surface area contributed by atoms with Crippen molar-refractivity contribution in [2.24, 2.45) is 5.92 Å². The average Bonchev–Trinajstić information content (AvgIpc) is 3.12. The number of rotatable bonds is 3. The summed E-state index contributed by atoms with van der Waals surface area (Å²) in [6.07, 6.45) is 3.08. The zero-order valence-corrected chi connectivity index (χ0v) is 9.89. The van der Waals surface area contributed by atoms with Crippen LogP contribution in [-0.4, -0.2) is 47.7 Å². The second-order valence-electron chi connectivity index (χ2n) is 4.64. The molecule has 1 saturated heterocycles. The summed E-state index contributed by atoms with van der Waals surface area (Å²) in [4.78, 5) is 24.2. The molecule has 1 atom stereocenters. The lowest BCUT2D eigenvalue weighted by Gasteiger charge is -2.30. The predicted molar refractivity (Wildman–Crippen MR) is 60.4 cm³/mol. The second kappa shape index (κ2) is 4.87. The first kappa shape index (κ1) is 12.1. The molecule has 1 aliphatic carbocycles. The van der Waals surface area contributed by atoms with E-state index >= 15 is 0 Å². The summed E-state index contributed by atoms with van der Waals surface area (Å²) in [6, 6.07) is 0. The van der Waals surface area contributed by atoms with Crippen LogP contribution in [0.5, 0.6) is 0 Å². The SMILES string of the molecule is C/C(=C\C(=O)N1CCO[C@@H](C(=O)O)C1)C1CC1. The Morgan fingerprint density at radius 2 is 2.12 bits per heavy atom. The minimum atomic E-state index is -1.01. The van der Waals surface area contributed by atoms with Gasteiger partial charge in [-0.05, 0) is 25.7 Å². The Morgan fingerprint density at radius 3 is 2.71 bits per heavy atom. The quantitative estimate of drug-likeness (QED) is 0.734. The van der Waals surface area contributed by atoms with E-state index in [-0.39, 0.29) is 12.5 Å². The van der Waals surface area contributed by atoms with Crippen molar-refractivity contribution in [3.05, 3.63) is 11.6 Å². The van der Waals surface area contributed by atoms with E-state index in [1.54, 1.807) is 11.0 Å².